The molecule has 0 aliphatic rings. The summed E-state index contributed by atoms with van der Waals surface area (Å²) in [5, 5.41) is 0. The highest BCUT2D eigenvalue weighted by atomic mass is 32.2. The maximum atomic E-state index is 12.1. The van der Waals surface area contributed by atoms with Gasteiger partial charge in [0.15, 0.2) is 0 Å². The van der Waals surface area contributed by atoms with Crippen molar-refractivity contribution in [3.05, 3.63) is 18.5 Å². The lowest BCUT2D eigenvalue weighted by molar-refractivity contribution is -0.275. The number of alkyl halides is 3. The lowest BCUT2D eigenvalue weighted by Gasteiger charge is -2.11. The van der Waals surface area contributed by atoms with Crippen LogP contribution < -0.4 is 4.74 Å². The molecular weight excluding hydrogens is 241 g/mol. The van der Waals surface area contributed by atoms with Gasteiger partial charge in [0, 0.05) is 6.07 Å². The molecule has 0 saturated carbocycles. The Morgan fingerprint density at radius 3 is 2.75 bits per heavy atom. The summed E-state index contributed by atoms with van der Waals surface area (Å²) in [6, 6.07) is 2.85. The van der Waals surface area contributed by atoms with Crippen molar-refractivity contribution >= 4 is 22.8 Å². The third-order valence-corrected chi connectivity index (χ3v) is 2.69. The van der Waals surface area contributed by atoms with Gasteiger partial charge in [-0.1, -0.05) is 0 Å². The molecule has 16 heavy (non-hydrogen) atoms. The van der Waals surface area contributed by atoms with Crippen molar-refractivity contribution < 1.29 is 17.9 Å². The minimum Gasteiger partial charge on any atom is -0.405 e. The average molecular weight is 248 g/mol. The molecule has 0 spiro atoms. The number of nitrogens with zero attached hydrogens (tertiary/aromatic N) is 1. The molecule has 0 bridgehead atoms. The van der Waals surface area contributed by atoms with Crippen LogP contribution in [0.3, 0.4) is 0 Å². The van der Waals surface area contributed by atoms with E-state index in [9.17, 15) is 13.2 Å². The highest BCUT2D eigenvalue weighted by molar-refractivity contribution is 7.98. The number of hydrogen-bond acceptors (Lipinski definition) is 3. The van der Waals surface area contributed by atoms with Gasteiger partial charge >= 0.3 is 6.36 Å². The van der Waals surface area contributed by atoms with Crippen molar-refractivity contribution in [2.45, 2.75) is 11.3 Å². The molecule has 1 aromatic carbocycles. The van der Waals surface area contributed by atoms with E-state index in [4.69, 9.17) is 0 Å². The number of aromatic amines is 1. The second-order valence-electron chi connectivity index (χ2n) is 2.97. The smallest absolute Gasteiger partial charge is 0.405 e. The Morgan fingerprint density at radius 2 is 2.12 bits per heavy atom. The molecule has 3 nitrogen and oxygen atoms in total. The monoisotopic (exact) mass is 248 g/mol. The van der Waals surface area contributed by atoms with Crippen LogP contribution in [0.5, 0.6) is 5.75 Å². The SMILES string of the molecule is CSc1cc2[nH]cnc2cc1OC(F)(F)F. The van der Waals surface area contributed by atoms with Crippen LogP contribution in [0.15, 0.2) is 23.4 Å². The maximum Gasteiger partial charge on any atom is 0.573 e. The van der Waals surface area contributed by atoms with Crippen molar-refractivity contribution in [2.24, 2.45) is 0 Å². The van der Waals surface area contributed by atoms with Gasteiger partial charge in [-0.15, -0.1) is 24.9 Å². The predicted octanol–water partition coefficient (Wildman–Crippen LogP) is 3.18. The van der Waals surface area contributed by atoms with E-state index in [0.29, 0.717) is 15.9 Å². The van der Waals surface area contributed by atoms with Crippen LogP contribution in [0.4, 0.5) is 13.2 Å². The first-order valence-electron chi connectivity index (χ1n) is 4.26. The zero-order valence-electron chi connectivity index (χ0n) is 8.13. The Morgan fingerprint density at radius 1 is 1.38 bits per heavy atom. The quantitative estimate of drug-likeness (QED) is 0.829. The van der Waals surface area contributed by atoms with E-state index in [0.717, 1.165) is 0 Å². The Hall–Kier alpha value is -1.37. The molecule has 1 heterocycles. The minimum absolute atomic E-state index is 0.223. The van der Waals surface area contributed by atoms with Crippen LogP contribution in [0.25, 0.3) is 11.0 Å². The Bertz CT molecular complexity index is 509. The summed E-state index contributed by atoms with van der Waals surface area (Å²) in [5.41, 5.74) is 1.12. The van der Waals surface area contributed by atoms with Crippen molar-refractivity contribution in [2.75, 3.05) is 6.26 Å². The zero-order valence-corrected chi connectivity index (χ0v) is 8.95. The van der Waals surface area contributed by atoms with Crippen molar-refractivity contribution in [1.82, 2.24) is 9.97 Å². The molecule has 0 atom stereocenters. The first-order chi connectivity index (χ1) is 7.49. The standard InChI is InChI=1S/C9H7F3N2OS/c1-16-8-3-6-5(13-4-14-6)2-7(8)15-9(10,11)12/h2-4H,1H3,(H,13,14). The third-order valence-electron chi connectivity index (χ3n) is 1.93. The van der Waals surface area contributed by atoms with E-state index in [2.05, 4.69) is 14.7 Å². The summed E-state index contributed by atoms with van der Waals surface area (Å²) >= 11 is 1.18. The molecule has 7 heteroatoms. The molecule has 0 radical (unpaired) electrons. The minimum atomic E-state index is -4.69. The number of aromatic nitrogens is 2. The van der Waals surface area contributed by atoms with Gasteiger partial charge in [-0.3, -0.25) is 0 Å². The molecule has 0 aliphatic carbocycles. The molecule has 1 aromatic heterocycles. The van der Waals surface area contributed by atoms with E-state index in [1.54, 1.807) is 12.3 Å². The summed E-state index contributed by atoms with van der Waals surface area (Å²) < 4.78 is 40.3. The summed E-state index contributed by atoms with van der Waals surface area (Å²) in [6.45, 7) is 0. The number of ether oxygens (including phenoxy) is 1. The number of halogens is 3. The number of nitrogens with one attached hydrogen (secondary N) is 1. The number of fused-ring (bicyclic) bond motifs is 1. The molecule has 2 rings (SSSR count). The molecule has 86 valence electrons. The lowest BCUT2D eigenvalue weighted by Crippen LogP contribution is -2.17. The number of H-pyrrole nitrogens is 1. The summed E-state index contributed by atoms with van der Waals surface area (Å²) in [5.74, 6) is -0.223. The predicted molar refractivity (Wildman–Crippen MR) is 54.6 cm³/mol. The van der Waals surface area contributed by atoms with Gasteiger partial charge < -0.3 is 9.72 Å². The topological polar surface area (TPSA) is 37.9 Å². The highest BCUT2D eigenvalue weighted by Gasteiger charge is 2.32. The van der Waals surface area contributed by atoms with Gasteiger partial charge in [0.25, 0.3) is 0 Å². The first kappa shape index (κ1) is 11.1. The Kier molecular flexibility index (Phi) is 2.71. The van der Waals surface area contributed by atoms with Gasteiger partial charge in [-0.05, 0) is 12.3 Å². The van der Waals surface area contributed by atoms with Crippen LogP contribution in [-0.4, -0.2) is 22.6 Å². The summed E-state index contributed by atoms with van der Waals surface area (Å²) in [7, 11) is 0. The average Bonchev–Trinajstić information content (AvgIpc) is 2.60. The van der Waals surface area contributed by atoms with E-state index in [1.807, 2.05) is 0 Å². The van der Waals surface area contributed by atoms with Gasteiger partial charge in [0.1, 0.15) is 5.75 Å². The number of imidazole rings is 1. The fourth-order valence-electron chi connectivity index (χ4n) is 1.31. The zero-order chi connectivity index (χ0) is 11.8. The largest absolute Gasteiger partial charge is 0.573 e. The van der Waals surface area contributed by atoms with Crippen LogP contribution in [0.2, 0.25) is 0 Å². The third kappa shape index (κ3) is 2.24. The van der Waals surface area contributed by atoms with Crippen LogP contribution in [-0.2, 0) is 0 Å². The van der Waals surface area contributed by atoms with Crippen LogP contribution in [0, 0.1) is 0 Å². The molecule has 0 saturated heterocycles. The van der Waals surface area contributed by atoms with Crippen molar-refractivity contribution in [3.63, 3.8) is 0 Å². The van der Waals surface area contributed by atoms with Crippen molar-refractivity contribution in [3.8, 4) is 5.75 Å². The molecule has 0 aliphatic heterocycles. The number of hydrogen-bond donors (Lipinski definition) is 1. The number of benzene rings is 1. The Labute approximate surface area is 93.0 Å². The molecular formula is C9H7F3N2OS. The second kappa shape index (κ2) is 3.89. The fraction of sp³-hybridized carbons (Fsp3) is 0.222. The molecule has 0 fully saturated rings. The lowest BCUT2D eigenvalue weighted by atomic mass is 10.3. The van der Waals surface area contributed by atoms with Gasteiger partial charge in [0.2, 0.25) is 0 Å². The summed E-state index contributed by atoms with van der Waals surface area (Å²) in [4.78, 5) is 7.11. The van der Waals surface area contributed by atoms with Gasteiger partial charge in [-0.25, -0.2) is 4.98 Å². The highest BCUT2D eigenvalue weighted by Crippen LogP contribution is 2.34. The normalized spacial score (nSPS) is 12.0. The van der Waals surface area contributed by atoms with E-state index in [-0.39, 0.29) is 5.75 Å². The van der Waals surface area contributed by atoms with E-state index < -0.39 is 6.36 Å². The van der Waals surface area contributed by atoms with Gasteiger partial charge in [0.05, 0.1) is 22.3 Å². The van der Waals surface area contributed by atoms with E-state index in [1.165, 1.54) is 24.2 Å². The van der Waals surface area contributed by atoms with Crippen LogP contribution in [0.1, 0.15) is 0 Å². The maximum absolute atomic E-state index is 12.1. The first-order valence-corrected chi connectivity index (χ1v) is 5.49. The summed E-state index contributed by atoms with van der Waals surface area (Å²) in [6.07, 6.45) is -1.58. The van der Waals surface area contributed by atoms with Gasteiger partial charge in [-0.2, -0.15) is 0 Å². The molecule has 0 unspecified atom stereocenters. The fourth-order valence-corrected chi connectivity index (χ4v) is 1.84. The number of thioether (sulfide) groups is 1. The Balaban J connectivity index is 2.48. The van der Waals surface area contributed by atoms with Crippen molar-refractivity contribution in [1.29, 1.82) is 0 Å². The molecule has 1 N–H and O–H groups in total. The van der Waals surface area contributed by atoms with E-state index >= 15 is 0 Å². The molecule has 0 amide bonds. The number of rotatable bonds is 2. The molecule has 2 aromatic rings. The second-order valence-corrected chi connectivity index (χ2v) is 3.82. The van der Waals surface area contributed by atoms with Crippen LogP contribution >= 0.6 is 11.8 Å².